The topological polar surface area (TPSA) is 45.2 Å². The second-order valence-electron chi connectivity index (χ2n) is 4.45. The fraction of sp³-hybridized carbons (Fsp3) is 0.571. The molecule has 1 aromatic heterocycles. The average Bonchev–Trinajstić information content (AvgIpc) is 2.41. The van der Waals surface area contributed by atoms with Gasteiger partial charge in [0.05, 0.1) is 0 Å². The fourth-order valence-electron chi connectivity index (χ4n) is 1.64. The summed E-state index contributed by atoms with van der Waals surface area (Å²) in [7, 11) is 1.88. The van der Waals surface area contributed by atoms with E-state index in [-0.39, 0.29) is 5.91 Å². The Morgan fingerprint density at radius 1 is 1.39 bits per heavy atom. The van der Waals surface area contributed by atoms with Gasteiger partial charge in [0, 0.05) is 45.5 Å². The molecule has 1 aromatic rings. The molecule has 0 radical (unpaired) electrons. The van der Waals surface area contributed by atoms with Crippen LogP contribution < -0.4 is 5.32 Å². The van der Waals surface area contributed by atoms with E-state index in [1.807, 2.05) is 24.1 Å². The van der Waals surface area contributed by atoms with Crippen molar-refractivity contribution >= 4 is 5.91 Å². The zero-order valence-electron chi connectivity index (χ0n) is 11.4. The Hall–Kier alpha value is -1.42. The van der Waals surface area contributed by atoms with E-state index in [4.69, 9.17) is 0 Å². The Bertz CT molecular complexity index is 340. The van der Waals surface area contributed by atoms with Crippen LogP contribution in [0, 0.1) is 0 Å². The van der Waals surface area contributed by atoms with E-state index < -0.39 is 0 Å². The van der Waals surface area contributed by atoms with Crippen LogP contribution in [-0.4, -0.2) is 35.9 Å². The zero-order chi connectivity index (χ0) is 13.2. The van der Waals surface area contributed by atoms with Gasteiger partial charge in [0.1, 0.15) is 0 Å². The van der Waals surface area contributed by atoms with Crippen molar-refractivity contribution in [3.63, 3.8) is 0 Å². The van der Waals surface area contributed by atoms with Crippen LogP contribution in [0.1, 0.15) is 31.7 Å². The number of amides is 1. The van der Waals surface area contributed by atoms with E-state index >= 15 is 0 Å². The molecule has 100 valence electrons. The number of nitrogens with zero attached hydrogens (tertiary/aromatic N) is 2. The number of unbranched alkanes of at least 4 members (excludes halogenated alkanes) is 1. The van der Waals surface area contributed by atoms with Gasteiger partial charge >= 0.3 is 0 Å². The van der Waals surface area contributed by atoms with E-state index in [0.29, 0.717) is 6.42 Å². The summed E-state index contributed by atoms with van der Waals surface area (Å²) in [6.45, 7) is 4.50. The minimum atomic E-state index is 0.214. The van der Waals surface area contributed by atoms with Crippen molar-refractivity contribution in [2.75, 3.05) is 20.1 Å². The molecular formula is C14H23N3O. The summed E-state index contributed by atoms with van der Waals surface area (Å²) in [5.74, 6) is 0.214. The third kappa shape index (κ3) is 5.77. The molecule has 0 saturated heterocycles. The molecule has 0 aliphatic heterocycles. The van der Waals surface area contributed by atoms with E-state index in [2.05, 4.69) is 17.2 Å². The summed E-state index contributed by atoms with van der Waals surface area (Å²) < 4.78 is 0. The first-order chi connectivity index (χ1) is 8.74. The van der Waals surface area contributed by atoms with Gasteiger partial charge in [0.25, 0.3) is 0 Å². The number of hydrogen-bond donors (Lipinski definition) is 1. The van der Waals surface area contributed by atoms with E-state index in [0.717, 1.165) is 32.5 Å². The highest BCUT2D eigenvalue weighted by Gasteiger charge is 2.06. The normalized spacial score (nSPS) is 10.3. The number of pyridine rings is 1. The predicted molar refractivity (Wildman–Crippen MR) is 73.1 cm³/mol. The lowest BCUT2D eigenvalue weighted by Gasteiger charge is -2.16. The van der Waals surface area contributed by atoms with Crippen LogP contribution in [0.15, 0.2) is 24.5 Å². The van der Waals surface area contributed by atoms with Crippen LogP contribution in [0.25, 0.3) is 0 Å². The maximum atomic E-state index is 11.7. The summed E-state index contributed by atoms with van der Waals surface area (Å²) in [4.78, 5) is 17.5. The van der Waals surface area contributed by atoms with Crippen LogP contribution in [0.5, 0.6) is 0 Å². The Morgan fingerprint density at radius 3 is 2.78 bits per heavy atom. The number of carbonyl (C=O) groups is 1. The summed E-state index contributed by atoms with van der Waals surface area (Å²) >= 11 is 0. The fourth-order valence-corrected chi connectivity index (χ4v) is 1.64. The minimum absolute atomic E-state index is 0.214. The van der Waals surface area contributed by atoms with Gasteiger partial charge in [-0.1, -0.05) is 13.3 Å². The van der Waals surface area contributed by atoms with Gasteiger partial charge in [-0.15, -0.1) is 0 Å². The van der Waals surface area contributed by atoms with Gasteiger partial charge in [0.15, 0.2) is 0 Å². The Balaban J connectivity index is 2.12. The molecule has 0 bridgehead atoms. The first kappa shape index (κ1) is 14.6. The van der Waals surface area contributed by atoms with Crippen molar-refractivity contribution < 1.29 is 4.79 Å². The van der Waals surface area contributed by atoms with Gasteiger partial charge in [0.2, 0.25) is 5.91 Å². The number of rotatable bonds is 8. The summed E-state index contributed by atoms with van der Waals surface area (Å²) in [5, 5.41) is 3.27. The molecule has 1 rings (SSSR count). The smallest absolute Gasteiger partial charge is 0.223 e. The van der Waals surface area contributed by atoms with E-state index in [9.17, 15) is 4.79 Å². The van der Waals surface area contributed by atoms with Crippen LogP contribution in [0.3, 0.4) is 0 Å². The highest BCUT2D eigenvalue weighted by molar-refractivity contribution is 5.76. The third-order valence-electron chi connectivity index (χ3n) is 2.87. The van der Waals surface area contributed by atoms with Gasteiger partial charge < -0.3 is 10.2 Å². The van der Waals surface area contributed by atoms with Crippen molar-refractivity contribution in [3.8, 4) is 0 Å². The largest absolute Gasteiger partial charge is 0.346 e. The highest BCUT2D eigenvalue weighted by atomic mass is 16.2. The Morgan fingerprint density at radius 2 is 2.11 bits per heavy atom. The van der Waals surface area contributed by atoms with Crippen LogP contribution in [-0.2, 0) is 11.3 Å². The molecule has 0 saturated carbocycles. The lowest BCUT2D eigenvalue weighted by molar-refractivity contribution is -0.129. The molecule has 4 heteroatoms. The molecule has 0 unspecified atom stereocenters. The van der Waals surface area contributed by atoms with Crippen molar-refractivity contribution in [1.29, 1.82) is 0 Å². The second kappa shape index (κ2) is 8.64. The SMILES string of the molecule is CCCCN(C)C(=O)CCNCc1ccncc1. The van der Waals surface area contributed by atoms with Crippen molar-refractivity contribution in [3.05, 3.63) is 30.1 Å². The lowest BCUT2D eigenvalue weighted by Crippen LogP contribution is -2.30. The first-order valence-electron chi connectivity index (χ1n) is 6.57. The molecule has 4 nitrogen and oxygen atoms in total. The first-order valence-corrected chi connectivity index (χ1v) is 6.57. The molecule has 1 heterocycles. The number of nitrogens with one attached hydrogen (secondary N) is 1. The molecule has 0 aliphatic carbocycles. The summed E-state index contributed by atoms with van der Waals surface area (Å²) in [6, 6.07) is 3.95. The third-order valence-corrected chi connectivity index (χ3v) is 2.87. The predicted octanol–water partition coefficient (Wildman–Crippen LogP) is 1.82. The molecule has 1 N–H and O–H groups in total. The lowest BCUT2D eigenvalue weighted by atomic mass is 10.2. The molecular weight excluding hydrogens is 226 g/mol. The van der Waals surface area contributed by atoms with Crippen LogP contribution in [0.2, 0.25) is 0 Å². The molecule has 1 amide bonds. The molecule has 0 atom stereocenters. The average molecular weight is 249 g/mol. The van der Waals surface area contributed by atoms with Crippen LogP contribution in [0.4, 0.5) is 0 Å². The Labute approximate surface area is 109 Å². The minimum Gasteiger partial charge on any atom is -0.346 e. The zero-order valence-corrected chi connectivity index (χ0v) is 11.4. The van der Waals surface area contributed by atoms with Gasteiger partial charge in [-0.3, -0.25) is 9.78 Å². The number of aromatic nitrogens is 1. The quantitative estimate of drug-likeness (QED) is 0.715. The van der Waals surface area contributed by atoms with Crippen LogP contribution >= 0.6 is 0 Å². The number of hydrogen-bond acceptors (Lipinski definition) is 3. The van der Waals surface area contributed by atoms with E-state index in [1.165, 1.54) is 5.56 Å². The molecule has 0 aliphatic rings. The maximum absolute atomic E-state index is 11.7. The molecule has 0 spiro atoms. The highest BCUT2D eigenvalue weighted by Crippen LogP contribution is 1.97. The van der Waals surface area contributed by atoms with E-state index in [1.54, 1.807) is 12.4 Å². The maximum Gasteiger partial charge on any atom is 0.223 e. The van der Waals surface area contributed by atoms with Gasteiger partial charge in [-0.2, -0.15) is 0 Å². The standard InChI is InChI=1S/C14H23N3O/c1-3-4-11-17(2)14(18)7-10-16-12-13-5-8-15-9-6-13/h5-6,8-9,16H,3-4,7,10-12H2,1-2H3. The van der Waals surface area contributed by atoms with Crippen molar-refractivity contribution in [2.45, 2.75) is 32.7 Å². The van der Waals surface area contributed by atoms with Gasteiger partial charge in [-0.05, 0) is 24.1 Å². The van der Waals surface area contributed by atoms with Gasteiger partial charge in [-0.25, -0.2) is 0 Å². The van der Waals surface area contributed by atoms with Crippen molar-refractivity contribution in [1.82, 2.24) is 15.2 Å². The molecule has 0 fully saturated rings. The molecule has 0 aromatic carbocycles. The summed E-state index contributed by atoms with van der Waals surface area (Å²) in [6.07, 6.45) is 6.32. The molecule has 18 heavy (non-hydrogen) atoms. The monoisotopic (exact) mass is 249 g/mol. The number of carbonyl (C=O) groups excluding carboxylic acids is 1. The summed E-state index contributed by atoms with van der Waals surface area (Å²) in [5.41, 5.74) is 1.19. The Kier molecular flexibility index (Phi) is 7.03. The second-order valence-corrected chi connectivity index (χ2v) is 4.45. The van der Waals surface area contributed by atoms with Crippen molar-refractivity contribution in [2.24, 2.45) is 0 Å².